The zero-order valence-electron chi connectivity index (χ0n) is 13.0. The van der Waals surface area contributed by atoms with Crippen molar-refractivity contribution in [2.75, 3.05) is 27.3 Å². The topological polar surface area (TPSA) is 30.5 Å². The van der Waals surface area contributed by atoms with Gasteiger partial charge in [-0.1, -0.05) is 29.8 Å². The normalized spacial score (nSPS) is 12.2. The standard InChI is InChI=1S/C16H26BrNO2/c1-5-18-9-8-12(2)6-7-13-10-15(19-3)16(20-4)11-14(13)17/h10-12,18H,5-9H2,1-4H3. The predicted molar refractivity (Wildman–Crippen MR) is 87.9 cm³/mol. The Morgan fingerprint density at radius 1 is 1.15 bits per heavy atom. The van der Waals surface area contributed by atoms with Gasteiger partial charge in [0, 0.05) is 4.47 Å². The maximum absolute atomic E-state index is 5.36. The molecule has 0 bridgehead atoms. The quantitative estimate of drug-likeness (QED) is 0.686. The number of ether oxygens (including phenoxy) is 2. The van der Waals surface area contributed by atoms with Crippen molar-refractivity contribution in [3.63, 3.8) is 0 Å². The van der Waals surface area contributed by atoms with E-state index in [2.05, 4.69) is 41.2 Å². The third-order valence-corrected chi connectivity index (χ3v) is 4.26. The second-order valence-corrected chi connectivity index (χ2v) is 5.94. The van der Waals surface area contributed by atoms with Crippen molar-refractivity contribution >= 4 is 15.9 Å². The third-order valence-electron chi connectivity index (χ3n) is 3.52. The number of hydrogen-bond donors (Lipinski definition) is 1. The first kappa shape index (κ1) is 17.3. The van der Waals surface area contributed by atoms with Crippen LogP contribution in [-0.4, -0.2) is 27.3 Å². The van der Waals surface area contributed by atoms with Crippen molar-refractivity contribution in [3.8, 4) is 11.5 Å². The van der Waals surface area contributed by atoms with E-state index >= 15 is 0 Å². The second-order valence-electron chi connectivity index (χ2n) is 5.08. The Balaban J connectivity index is 2.59. The van der Waals surface area contributed by atoms with E-state index in [1.807, 2.05) is 6.07 Å². The Morgan fingerprint density at radius 2 is 1.80 bits per heavy atom. The van der Waals surface area contributed by atoms with Crippen LogP contribution < -0.4 is 14.8 Å². The van der Waals surface area contributed by atoms with Crippen molar-refractivity contribution in [1.29, 1.82) is 0 Å². The van der Waals surface area contributed by atoms with Gasteiger partial charge in [0.05, 0.1) is 14.2 Å². The lowest BCUT2D eigenvalue weighted by atomic mass is 9.98. The van der Waals surface area contributed by atoms with Gasteiger partial charge in [-0.3, -0.25) is 0 Å². The smallest absolute Gasteiger partial charge is 0.161 e. The zero-order valence-corrected chi connectivity index (χ0v) is 14.5. The molecule has 1 aromatic carbocycles. The minimum atomic E-state index is 0.717. The Kier molecular flexibility index (Phi) is 8.00. The molecule has 3 nitrogen and oxygen atoms in total. The van der Waals surface area contributed by atoms with Gasteiger partial charge in [-0.15, -0.1) is 0 Å². The minimum Gasteiger partial charge on any atom is -0.493 e. The SMILES string of the molecule is CCNCCC(C)CCc1cc(OC)c(OC)cc1Br. The minimum absolute atomic E-state index is 0.717. The molecule has 0 saturated carbocycles. The van der Waals surface area contributed by atoms with Crippen LogP contribution in [0.3, 0.4) is 0 Å². The van der Waals surface area contributed by atoms with Crippen LogP contribution in [0.15, 0.2) is 16.6 Å². The maximum atomic E-state index is 5.36. The van der Waals surface area contributed by atoms with Crippen LogP contribution in [0.4, 0.5) is 0 Å². The summed E-state index contributed by atoms with van der Waals surface area (Å²) in [6, 6.07) is 4.05. The Morgan fingerprint density at radius 3 is 2.40 bits per heavy atom. The van der Waals surface area contributed by atoms with E-state index in [9.17, 15) is 0 Å². The summed E-state index contributed by atoms with van der Waals surface area (Å²) in [5, 5.41) is 3.38. The molecule has 0 amide bonds. The molecule has 1 unspecified atom stereocenters. The Labute approximate surface area is 131 Å². The average molecular weight is 344 g/mol. The molecule has 114 valence electrons. The van der Waals surface area contributed by atoms with Crippen molar-refractivity contribution in [2.24, 2.45) is 5.92 Å². The van der Waals surface area contributed by atoms with E-state index in [0.717, 1.165) is 35.5 Å². The number of nitrogens with one attached hydrogen (secondary N) is 1. The monoisotopic (exact) mass is 343 g/mol. The summed E-state index contributed by atoms with van der Waals surface area (Å²) in [6.07, 6.45) is 3.45. The van der Waals surface area contributed by atoms with Crippen molar-refractivity contribution in [2.45, 2.75) is 33.1 Å². The second kappa shape index (κ2) is 9.24. The highest BCUT2D eigenvalue weighted by atomic mass is 79.9. The number of methoxy groups -OCH3 is 2. The molecule has 1 aromatic rings. The van der Waals surface area contributed by atoms with Gasteiger partial charge in [-0.2, -0.15) is 0 Å². The summed E-state index contributed by atoms with van der Waals surface area (Å²) in [7, 11) is 3.33. The molecule has 4 heteroatoms. The van der Waals surface area contributed by atoms with E-state index in [4.69, 9.17) is 9.47 Å². The summed E-state index contributed by atoms with van der Waals surface area (Å²) in [6.45, 7) is 6.61. The van der Waals surface area contributed by atoms with Gasteiger partial charge in [-0.05, 0) is 56.0 Å². The molecule has 0 aliphatic rings. The molecule has 0 aliphatic carbocycles. The molecule has 0 saturated heterocycles. The highest BCUT2D eigenvalue weighted by Crippen LogP contribution is 2.34. The van der Waals surface area contributed by atoms with Crippen molar-refractivity contribution in [1.82, 2.24) is 5.32 Å². The van der Waals surface area contributed by atoms with Gasteiger partial charge in [0.2, 0.25) is 0 Å². The highest BCUT2D eigenvalue weighted by Gasteiger charge is 2.11. The van der Waals surface area contributed by atoms with E-state index in [0.29, 0.717) is 5.92 Å². The predicted octanol–water partition coefficient (Wildman–Crippen LogP) is 4.03. The third kappa shape index (κ3) is 5.33. The Hall–Kier alpha value is -0.740. The van der Waals surface area contributed by atoms with Gasteiger partial charge in [-0.25, -0.2) is 0 Å². The molecule has 0 heterocycles. The summed E-state index contributed by atoms with van der Waals surface area (Å²) in [5.41, 5.74) is 1.28. The number of hydrogen-bond acceptors (Lipinski definition) is 3. The lowest BCUT2D eigenvalue weighted by molar-refractivity contribution is 0.354. The summed E-state index contributed by atoms with van der Waals surface area (Å²) < 4.78 is 11.8. The van der Waals surface area contributed by atoms with E-state index in [-0.39, 0.29) is 0 Å². The molecule has 0 aliphatic heterocycles. The van der Waals surface area contributed by atoms with Crippen LogP contribution in [-0.2, 0) is 6.42 Å². The summed E-state index contributed by atoms with van der Waals surface area (Å²) in [5.74, 6) is 2.28. The molecule has 0 radical (unpaired) electrons. The van der Waals surface area contributed by atoms with E-state index in [1.54, 1.807) is 14.2 Å². The number of aryl methyl sites for hydroxylation is 1. The molecular formula is C16H26BrNO2. The number of rotatable bonds is 9. The van der Waals surface area contributed by atoms with Gasteiger partial charge in [0.1, 0.15) is 0 Å². The van der Waals surface area contributed by atoms with Gasteiger partial charge < -0.3 is 14.8 Å². The van der Waals surface area contributed by atoms with Crippen LogP contribution in [0.1, 0.15) is 32.3 Å². The fourth-order valence-electron chi connectivity index (χ4n) is 2.16. The van der Waals surface area contributed by atoms with Crippen LogP contribution in [0.2, 0.25) is 0 Å². The van der Waals surface area contributed by atoms with Crippen LogP contribution >= 0.6 is 15.9 Å². The van der Waals surface area contributed by atoms with Crippen molar-refractivity contribution < 1.29 is 9.47 Å². The molecule has 0 aromatic heterocycles. The molecule has 0 spiro atoms. The van der Waals surface area contributed by atoms with E-state index in [1.165, 1.54) is 18.4 Å². The summed E-state index contributed by atoms with van der Waals surface area (Å²) in [4.78, 5) is 0. The average Bonchev–Trinajstić information content (AvgIpc) is 2.45. The molecule has 1 N–H and O–H groups in total. The molecular weight excluding hydrogens is 318 g/mol. The maximum Gasteiger partial charge on any atom is 0.161 e. The lowest BCUT2D eigenvalue weighted by Crippen LogP contribution is -2.16. The first-order valence-electron chi connectivity index (χ1n) is 7.23. The molecule has 0 fully saturated rings. The van der Waals surface area contributed by atoms with Crippen molar-refractivity contribution in [3.05, 3.63) is 22.2 Å². The van der Waals surface area contributed by atoms with Crippen LogP contribution in [0, 0.1) is 5.92 Å². The van der Waals surface area contributed by atoms with Crippen LogP contribution in [0.25, 0.3) is 0 Å². The highest BCUT2D eigenvalue weighted by molar-refractivity contribution is 9.10. The number of halogens is 1. The fraction of sp³-hybridized carbons (Fsp3) is 0.625. The lowest BCUT2D eigenvalue weighted by Gasteiger charge is -2.14. The van der Waals surface area contributed by atoms with Gasteiger partial charge >= 0.3 is 0 Å². The molecule has 20 heavy (non-hydrogen) atoms. The Bertz CT molecular complexity index is 410. The largest absolute Gasteiger partial charge is 0.493 e. The summed E-state index contributed by atoms with van der Waals surface area (Å²) >= 11 is 3.62. The van der Waals surface area contributed by atoms with Crippen LogP contribution in [0.5, 0.6) is 11.5 Å². The molecule has 1 rings (SSSR count). The van der Waals surface area contributed by atoms with Gasteiger partial charge in [0.25, 0.3) is 0 Å². The first-order chi connectivity index (χ1) is 9.62. The number of benzene rings is 1. The van der Waals surface area contributed by atoms with Gasteiger partial charge in [0.15, 0.2) is 11.5 Å². The first-order valence-corrected chi connectivity index (χ1v) is 8.02. The fourth-order valence-corrected chi connectivity index (χ4v) is 2.68. The van der Waals surface area contributed by atoms with E-state index < -0.39 is 0 Å². The zero-order chi connectivity index (χ0) is 15.0. The molecule has 1 atom stereocenters.